The molecule has 7 heteroatoms. The van der Waals surface area contributed by atoms with Gasteiger partial charge in [-0.1, -0.05) is 0 Å². The number of aromatic nitrogens is 3. The van der Waals surface area contributed by atoms with Gasteiger partial charge in [-0.05, 0) is 25.7 Å². The van der Waals surface area contributed by atoms with E-state index in [1.165, 1.54) is 31.4 Å². The quantitative estimate of drug-likeness (QED) is 0.817. The molecule has 4 atom stereocenters. The summed E-state index contributed by atoms with van der Waals surface area (Å²) in [5.74, 6) is 1.07. The number of hydrogen-bond acceptors (Lipinski definition) is 6. The van der Waals surface area contributed by atoms with Crippen molar-refractivity contribution in [3.05, 3.63) is 12.3 Å². The van der Waals surface area contributed by atoms with Crippen LogP contribution in [0.25, 0.3) is 11.0 Å². The first-order valence-electron chi connectivity index (χ1n) is 9.86. The van der Waals surface area contributed by atoms with Gasteiger partial charge in [0, 0.05) is 39.3 Å². The van der Waals surface area contributed by atoms with Gasteiger partial charge in [0.2, 0.25) is 0 Å². The van der Waals surface area contributed by atoms with E-state index in [1.807, 2.05) is 17.9 Å². The monoisotopic (exact) mass is 355 g/mol. The van der Waals surface area contributed by atoms with E-state index in [2.05, 4.69) is 21.0 Å². The van der Waals surface area contributed by atoms with Gasteiger partial charge in [0.05, 0.1) is 36.3 Å². The SMILES string of the molecule is Cn1ncc2nc(N3CC4CCC(C3)O4)cc(N3CC4CCC(C3)O4)c21. The standard InChI is InChI=1S/C19H25N5O2/c1-22-19-16(7-20-22)21-18(24-10-14-4-5-15(11-24)26-14)6-17(19)23-8-12-2-3-13(9-23)25-12/h6-7,12-15H,2-5,8-11H2,1H3. The normalized spacial score (nSPS) is 33.4. The Kier molecular flexibility index (Phi) is 3.26. The van der Waals surface area contributed by atoms with Gasteiger partial charge in [-0.3, -0.25) is 4.68 Å². The molecule has 4 saturated heterocycles. The molecule has 138 valence electrons. The summed E-state index contributed by atoms with van der Waals surface area (Å²) in [6.45, 7) is 3.83. The van der Waals surface area contributed by atoms with Crippen LogP contribution in [-0.4, -0.2) is 65.4 Å². The summed E-state index contributed by atoms with van der Waals surface area (Å²) in [6.07, 6.45) is 8.07. The third-order valence-corrected chi connectivity index (χ3v) is 6.41. The molecule has 2 aromatic heterocycles. The molecule has 0 aliphatic carbocycles. The van der Waals surface area contributed by atoms with E-state index in [-0.39, 0.29) is 0 Å². The van der Waals surface area contributed by atoms with Crippen LogP contribution < -0.4 is 9.80 Å². The van der Waals surface area contributed by atoms with Gasteiger partial charge in [-0.2, -0.15) is 5.10 Å². The molecule has 6 rings (SSSR count). The van der Waals surface area contributed by atoms with E-state index in [0.717, 1.165) is 43.0 Å². The Hall–Kier alpha value is -1.86. The molecule has 4 aliphatic heterocycles. The molecule has 2 aromatic rings. The highest BCUT2D eigenvalue weighted by molar-refractivity contribution is 5.90. The third-order valence-electron chi connectivity index (χ3n) is 6.41. The summed E-state index contributed by atoms with van der Waals surface area (Å²) in [6, 6.07) is 2.28. The van der Waals surface area contributed by atoms with Crippen molar-refractivity contribution in [2.75, 3.05) is 36.0 Å². The zero-order valence-electron chi connectivity index (χ0n) is 15.2. The second-order valence-corrected chi connectivity index (χ2v) is 8.23. The smallest absolute Gasteiger partial charge is 0.131 e. The van der Waals surface area contributed by atoms with Crippen molar-refractivity contribution < 1.29 is 9.47 Å². The topological polar surface area (TPSA) is 55.7 Å². The molecule has 7 nitrogen and oxygen atoms in total. The van der Waals surface area contributed by atoms with Crippen molar-refractivity contribution >= 4 is 22.5 Å². The predicted molar refractivity (Wildman–Crippen MR) is 98.7 cm³/mol. The zero-order chi connectivity index (χ0) is 17.3. The Morgan fingerprint density at radius 3 is 2.08 bits per heavy atom. The third kappa shape index (κ3) is 2.33. The average molecular weight is 355 g/mol. The Labute approximate surface area is 152 Å². The van der Waals surface area contributed by atoms with Gasteiger partial charge in [0.25, 0.3) is 0 Å². The highest BCUT2D eigenvalue weighted by atomic mass is 16.5. The number of ether oxygens (including phenoxy) is 2. The van der Waals surface area contributed by atoms with Crippen molar-refractivity contribution in [3.8, 4) is 0 Å². The second kappa shape index (κ2) is 5.57. The lowest BCUT2D eigenvalue weighted by Gasteiger charge is -2.36. The Morgan fingerprint density at radius 1 is 0.885 bits per heavy atom. The van der Waals surface area contributed by atoms with E-state index in [9.17, 15) is 0 Å². The predicted octanol–water partition coefficient (Wildman–Crippen LogP) is 1.70. The summed E-state index contributed by atoms with van der Waals surface area (Å²) in [5.41, 5.74) is 3.37. The highest BCUT2D eigenvalue weighted by Crippen LogP contribution is 2.36. The van der Waals surface area contributed by atoms with E-state index < -0.39 is 0 Å². The average Bonchev–Trinajstić information content (AvgIpc) is 3.31. The van der Waals surface area contributed by atoms with Crippen LogP contribution in [0.2, 0.25) is 0 Å². The summed E-state index contributed by atoms with van der Waals surface area (Å²) >= 11 is 0. The molecule has 0 N–H and O–H groups in total. The molecular weight excluding hydrogens is 330 g/mol. The minimum atomic E-state index is 0.364. The van der Waals surface area contributed by atoms with Crippen molar-refractivity contribution in [1.29, 1.82) is 0 Å². The highest BCUT2D eigenvalue weighted by Gasteiger charge is 2.37. The first kappa shape index (κ1) is 15.2. The molecule has 6 heterocycles. The Bertz CT molecular complexity index is 828. The van der Waals surface area contributed by atoms with E-state index in [1.54, 1.807) is 0 Å². The lowest BCUT2D eigenvalue weighted by atomic mass is 10.2. The maximum Gasteiger partial charge on any atom is 0.131 e. The summed E-state index contributed by atoms with van der Waals surface area (Å²) in [4.78, 5) is 9.86. The van der Waals surface area contributed by atoms with Gasteiger partial charge in [0.1, 0.15) is 16.9 Å². The number of hydrogen-bond donors (Lipinski definition) is 0. The maximum atomic E-state index is 6.05. The summed E-state index contributed by atoms with van der Waals surface area (Å²) in [5, 5.41) is 4.49. The van der Waals surface area contributed by atoms with Gasteiger partial charge >= 0.3 is 0 Å². The zero-order valence-corrected chi connectivity index (χ0v) is 15.2. The van der Waals surface area contributed by atoms with Crippen molar-refractivity contribution in [3.63, 3.8) is 0 Å². The van der Waals surface area contributed by atoms with Crippen LogP contribution in [0.4, 0.5) is 11.5 Å². The molecule has 4 fully saturated rings. The summed E-state index contributed by atoms with van der Waals surface area (Å²) in [7, 11) is 2.01. The van der Waals surface area contributed by atoms with Gasteiger partial charge in [0.15, 0.2) is 0 Å². The van der Waals surface area contributed by atoms with Crippen molar-refractivity contribution in [2.45, 2.75) is 50.1 Å². The molecule has 4 bridgehead atoms. The fourth-order valence-corrected chi connectivity index (χ4v) is 5.17. The van der Waals surface area contributed by atoms with Gasteiger partial charge < -0.3 is 19.3 Å². The minimum Gasteiger partial charge on any atom is -0.371 e. The molecular formula is C19H25N5O2. The number of rotatable bonds is 2. The molecule has 4 unspecified atom stereocenters. The number of nitrogens with zero attached hydrogens (tertiary/aromatic N) is 5. The maximum absolute atomic E-state index is 6.05. The number of fused-ring (bicyclic) bond motifs is 5. The fraction of sp³-hybridized carbons (Fsp3) is 0.684. The lowest BCUT2D eigenvalue weighted by molar-refractivity contribution is 0.0301. The molecule has 0 amide bonds. The molecule has 0 radical (unpaired) electrons. The van der Waals surface area contributed by atoms with E-state index >= 15 is 0 Å². The van der Waals surface area contributed by atoms with E-state index in [4.69, 9.17) is 14.5 Å². The van der Waals surface area contributed by atoms with Crippen LogP contribution >= 0.6 is 0 Å². The molecule has 0 spiro atoms. The molecule has 4 aliphatic rings. The number of morpholine rings is 2. The van der Waals surface area contributed by atoms with Crippen LogP contribution in [0.3, 0.4) is 0 Å². The van der Waals surface area contributed by atoms with E-state index in [0.29, 0.717) is 24.4 Å². The number of aryl methyl sites for hydroxylation is 1. The largest absolute Gasteiger partial charge is 0.371 e. The van der Waals surface area contributed by atoms with Crippen LogP contribution in [-0.2, 0) is 16.5 Å². The minimum absolute atomic E-state index is 0.364. The Morgan fingerprint density at radius 2 is 1.46 bits per heavy atom. The fourth-order valence-electron chi connectivity index (χ4n) is 5.17. The molecule has 0 aromatic carbocycles. The van der Waals surface area contributed by atoms with Crippen LogP contribution in [0, 0.1) is 0 Å². The van der Waals surface area contributed by atoms with Gasteiger partial charge in [-0.25, -0.2) is 4.98 Å². The Balaban J connectivity index is 1.42. The first-order chi connectivity index (χ1) is 12.7. The van der Waals surface area contributed by atoms with Crippen molar-refractivity contribution in [2.24, 2.45) is 7.05 Å². The molecule has 26 heavy (non-hydrogen) atoms. The van der Waals surface area contributed by atoms with Gasteiger partial charge in [-0.15, -0.1) is 0 Å². The van der Waals surface area contributed by atoms with Crippen LogP contribution in [0.15, 0.2) is 12.3 Å². The summed E-state index contributed by atoms with van der Waals surface area (Å²) < 4.78 is 14.0. The molecule has 0 saturated carbocycles. The number of anilines is 2. The first-order valence-corrected chi connectivity index (χ1v) is 9.86. The van der Waals surface area contributed by atoms with Crippen LogP contribution in [0.5, 0.6) is 0 Å². The van der Waals surface area contributed by atoms with Crippen LogP contribution in [0.1, 0.15) is 25.7 Å². The van der Waals surface area contributed by atoms with Crippen molar-refractivity contribution in [1.82, 2.24) is 14.8 Å². The number of pyridine rings is 1. The second-order valence-electron chi connectivity index (χ2n) is 8.23. The lowest BCUT2D eigenvalue weighted by Crippen LogP contribution is -2.44.